The second kappa shape index (κ2) is 9.12. The lowest BCUT2D eigenvalue weighted by atomic mass is 10.3. The number of hydrogen-bond acceptors (Lipinski definition) is 5. The Kier molecular flexibility index (Phi) is 6.59. The summed E-state index contributed by atoms with van der Waals surface area (Å²) >= 11 is 6.98. The van der Waals surface area contributed by atoms with Gasteiger partial charge in [0.15, 0.2) is 0 Å². The maximum absolute atomic E-state index is 12.6. The molecular weight excluding hydrogens is 400 g/mol. The summed E-state index contributed by atoms with van der Waals surface area (Å²) in [6.45, 7) is 2.42. The summed E-state index contributed by atoms with van der Waals surface area (Å²) in [4.78, 5) is 38.2. The van der Waals surface area contributed by atoms with Crippen molar-refractivity contribution >= 4 is 52.5 Å². The SMILES string of the molecule is CCOc1ccc(N2C(=O)CC(SCC(=O)Nc3ccc(Cl)cc3)C2=O)cc1. The van der Waals surface area contributed by atoms with Gasteiger partial charge in [-0.05, 0) is 55.5 Å². The Hall–Kier alpha value is -2.51. The summed E-state index contributed by atoms with van der Waals surface area (Å²) in [7, 11) is 0. The number of ether oxygens (including phenoxy) is 1. The number of hydrogen-bond donors (Lipinski definition) is 1. The van der Waals surface area contributed by atoms with Crippen LogP contribution in [0.2, 0.25) is 5.02 Å². The molecule has 146 valence electrons. The van der Waals surface area contributed by atoms with E-state index in [0.29, 0.717) is 28.8 Å². The number of nitrogens with one attached hydrogen (secondary N) is 1. The van der Waals surface area contributed by atoms with E-state index in [0.717, 1.165) is 11.8 Å². The number of carbonyl (C=O) groups is 3. The summed E-state index contributed by atoms with van der Waals surface area (Å²) in [5.41, 5.74) is 1.13. The lowest BCUT2D eigenvalue weighted by Gasteiger charge is -2.15. The monoisotopic (exact) mass is 418 g/mol. The highest BCUT2D eigenvalue weighted by Crippen LogP contribution is 2.30. The van der Waals surface area contributed by atoms with Gasteiger partial charge in [0.05, 0.1) is 23.3 Å². The van der Waals surface area contributed by atoms with Crippen LogP contribution in [0.3, 0.4) is 0 Å². The predicted octanol–water partition coefficient (Wildman–Crippen LogP) is 3.74. The van der Waals surface area contributed by atoms with Gasteiger partial charge in [-0.15, -0.1) is 11.8 Å². The number of amides is 3. The molecule has 0 radical (unpaired) electrons. The molecule has 0 bridgehead atoms. The summed E-state index contributed by atoms with van der Waals surface area (Å²) in [5, 5.41) is 2.74. The number of anilines is 2. The minimum absolute atomic E-state index is 0.0728. The third-order valence-corrected chi connectivity index (χ3v) is 5.51. The normalized spacial score (nSPS) is 16.4. The van der Waals surface area contributed by atoms with Crippen molar-refractivity contribution in [2.75, 3.05) is 22.6 Å². The van der Waals surface area contributed by atoms with Crippen molar-refractivity contribution < 1.29 is 19.1 Å². The van der Waals surface area contributed by atoms with E-state index in [9.17, 15) is 14.4 Å². The van der Waals surface area contributed by atoms with Crippen LogP contribution in [-0.4, -0.2) is 35.3 Å². The third kappa shape index (κ3) is 4.85. The molecule has 3 rings (SSSR count). The molecule has 2 aromatic carbocycles. The molecule has 1 heterocycles. The number of halogens is 1. The van der Waals surface area contributed by atoms with E-state index in [-0.39, 0.29) is 29.9 Å². The quantitative estimate of drug-likeness (QED) is 0.693. The fourth-order valence-electron chi connectivity index (χ4n) is 2.77. The number of benzene rings is 2. The molecule has 0 aliphatic carbocycles. The topological polar surface area (TPSA) is 75.7 Å². The first-order chi connectivity index (χ1) is 13.5. The van der Waals surface area contributed by atoms with Crippen LogP contribution in [0.1, 0.15) is 13.3 Å². The molecule has 1 aliphatic rings. The van der Waals surface area contributed by atoms with E-state index >= 15 is 0 Å². The van der Waals surface area contributed by atoms with Gasteiger partial charge in [0.25, 0.3) is 0 Å². The van der Waals surface area contributed by atoms with Gasteiger partial charge in [-0.25, -0.2) is 4.90 Å². The summed E-state index contributed by atoms with van der Waals surface area (Å²) in [6.07, 6.45) is 0.0743. The van der Waals surface area contributed by atoms with Crippen LogP contribution >= 0.6 is 23.4 Å². The zero-order valence-corrected chi connectivity index (χ0v) is 16.8. The molecule has 0 aromatic heterocycles. The number of nitrogens with zero attached hydrogens (tertiary/aromatic N) is 1. The Balaban J connectivity index is 1.57. The van der Waals surface area contributed by atoms with Crippen LogP contribution in [0, 0.1) is 0 Å². The van der Waals surface area contributed by atoms with Crippen molar-refractivity contribution in [3.63, 3.8) is 0 Å². The van der Waals surface area contributed by atoms with E-state index in [1.54, 1.807) is 48.5 Å². The zero-order valence-electron chi connectivity index (χ0n) is 15.2. The van der Waals surface area contributed by atoms with Crippen molar-refractivity contribution in [2.45, 2.75) is 18.6 Å². The Morgan fingerprint density at radius 2 is 1.86 bits per heavy atom. The van der Waals surface area contributed by atoms with Gasteiger partial charge in [0, 0.05) is 17.1 Å². The Labute approximate surface area is 172 Å². The molecule has 1 N–H and O–H groups in total. The van der Waals surface area contributed by atoms with E-state index in [4.69, 9.17) is 16.3 Å². The van der Waals surface area contributed by atoms with Gasteiger partial charge in [0.1, 0.15) is 5.75 Å². The number of thioether (sulfide) groups is 1. The molecule has 1 saturated heterocycles. The smallest absolute Gasteiger partial charge is 0.247 e. The molecule has 6 nitrogen and oxygen atoms in total. The highest BCUT2D eigenvalue weighted by atomic mass is 35.5. The fourth-order valence-corrected chi connectivity index (χ4v) is 3.83. The van der Waals surface area contributed by atoms with Gasteiger partial charge in [0.2, 0.25) is 17.7 Å². The molecule has 8 heteroatoms. The van der Waals surface area contributed by atoms with Crippen LogP contribution in [0.25, 0.3) is 0 Å². The maximum Gasteiger partial charge on any atom is 0.247 e. The average molecular weight is 419 g/mol. The molecule has 28 heavy (non-hydrogen) atoms. The van der Waals surface area contributed by atoms with Crippen molar-refractivity contribution in [2.24, 2.45) is 0 Å². The lowest BCUT2D eigenvalue weighted by molar-refractivity contribution is -0.121. The van der Waals surface area contributed by atoms with Crippen molar-refractivity contribution in [3.8, 4) is 5.75 Å². The Morgan fingerprint density at radius 1 is 1.18 bits per heavy atom. The standard InChI is InChI=1S/C20H19ClN2O4S/c1-2-27-16-9-7-15(8-10-16)23-19(25)11-17(20(23)26)28-12-18(24)22-14-5-3-13(21)4-6-14/h3-10,17H,2,11-12H2,1H3,(H,22,24). The first kappa shape index (κ1) is 20.2. The highest BCUT2D eigenvalue weighted by molar-refractivity contribution is 8.01. The fraction of sp³-hybridized carbons (Fsp3) is 0.250. The molecular formula is C20H19ClN2O4S. The first-order valence-electron chi connectivity index (χ1n) is 8.74. The minimum Gasteiger partial charge on any atom is -0.494 e. The first-order valence-corrected chi connectivity index (χ1v) is 10.2. The zero-order chi connectivity index (χ0) is 20.1. The maximum atomic E-state index is 12.6. The number of carbonyl (C=O) groups excluding carboxylic acids is 3. The van der Waals surface area contributed by atoms with Crippen LogP contribution in [0.5, 0.6) is 5.75 Å². The molecule has 1 fully saturated rings. The van der Waals surface area contributed by atoms with E-state index in [2.05, 4.69) is 5.32 Å². The molecule has 1 unspecified atom stereocenters. The molecule has 2 aromatic rings. The van der Waals surface area contributed by atoms with Crippen LogP contribution < -0.4 is 15.0 Å². The van der Waals surface area contributed by atoms with Gasteiger partial charge >= 0.3 is 0 Å². The number of imide groups is 1. The van der Waals surface area contributed by atoms with E-state index in [1.807, 2.05) is 6.92 Å². The van der Waals surface area contributed by atoms with Gasteiger partial charge in [-0.1, -0.05) is 11.6 Å². The molecule has 0 saturated carbocycles. The van der Waals surface area contributed by atoms with E-state index in [1.165, 1.54) is 4.90 Å². The Bertz CT molecular complexity index is 871. The van der Waals surface area contributed by atoms with Gasteiger partial charge in [-0.2, -0.15) is 0 Å². The summed E-state index contributed by atoms with van der Waals surface area (Å²) < 4.78 is 5.37. The van der Waals surface area contributed by atoms with Crippen molar-refractivity contribution in [1.29, 1.82) is 0 Å². The largest absolute Gasteiger partial charge is 0.494 e. The van der Waals surface area contributed by atoms with Crippen molar-refractivity contribution in [3.05, 3.63) is 53.6 Å². The summed E-state index contributed by atoms with van der Waals surface area (Å²) in [5.74, 6) is -0.0749. The third-order valence-electron chi connectivity index (χ3n) is 4.05. The molecule has 1 aliphatic heterocycles. The van der Waals surface area contributed by atoms with Crippen LogP contribution in [0.15, 0.2) is 48.5 Å². The molecule has 3 amide bonds. The lowest BCUT2D eigenvalue weighted by Crippen LogP contribution is -2.31. The summed E-state index contributed by atoms with van der Waals surface area (Å²) in [6, 6.07) is 13.6. The van der Waals surface area contributed by atoms with Crippen molar-refractivity contribution in [1.82, 2.24) is 0 Å². The van der Waals surface area contributed by atoms with Crippen LogP contribution in [-0.2, 0) is 14.4 Å². The molecule has 0 spiro atoms. The minimum atomic E-state index is -0.574. The highest BCUT2D eigenvalue weighted by Gasteiger charge is 2.40. The number of rotatable bonds is 7. The molecule has 1 atom stereocenters. The second-order valence-corrected chi connectivity index (χ2v) is 7.68. The Morgan fingerprint density at radius 3 is 2.50 bits per heavy atom. The predicted molar refractivity (Wildman–Crippen MR) is 111 cm³/mol. The average Bonchev–Trinajstić information content (AvgIpc) is 2.96. The van der Waals surface area contributed by atoms with Gasteiger partial charge < -0.3 is 10.1 Å². The van der Waals surface area contributed by atoms with E-state index < -0.39 is 5.25 Å². The van der Waals surface area contributed by atoms with Crippen LogP contribution in [0.4, 0.5) is 11.4 Å². The van der Waals surface area contributed by atoms with Gasteiger partial charge in [-0.3, -0.25) is 14.4 Å². The second-order valence-electron chi connectivity index (χ2n) is 6.05.